The summed E-state index contributed by atoms with van der Waals surface area (Å²) in [7, 11) is -1.48. The van der Waals surface area contributed by atoms with Gasteiger partial charge in [0.1, 0.15) is 0 Å². The van der Waals surface area contributed by atoms with Gasteiger partial charge in [-0.05, 0) is 39.3 Å². The van der Waals surface area contributed by atoms with E-state index in [1.165, 1.54) is 0 Å². The Bertz CT molecular complexity index is 566. The standard InChI is InChI=1S/C15H26N2O2S2/c1-4-13-8-6-5-7-9-17(13)21(18,19)15-10-14(11-16-3)20-12(15)2/h10,13,16H,4-9,11H2,1-3H3. The lowest BCUT2D eigenvalue weighted by atomic mass is 10.1. The fraction of sp³-hybridized carbons (Fsp3) is 0.733. The molecule has 0 aromatic carbocycles. The van der Waals surface area contributed by atoms with Crippen molar-refractivity contribution in [2.24, 2.45) is 0 Å². The third kappa shape index (κ3) is 3.67. The molecule has 120 valence electrons. The van der Waals surface area contributed by atoms with E-state index < -0.39 is 10.0 Å². The first-order valence-corrected chi connectivity index (χ1v) is 10.0. The van der Waals surface area contributed by atoms with Gasteiger partial charge in [0.2, 0.25) is 10.0 Å². The van der Waals surface area contributed by atoms with Gasteiger partial charge in [-0.15, -0.1) is 11.3 Å². The van der Waals surface area contributed by atoms with Gasteiger partial charge in [-0.2, -0.15) is 4.31 Å². The zero-order chi connectivity index (χ0) is 15.5. The molecule has 0 spiro atoms. The molecule has 0 amide bonds. The first-order chi connectivity index (χ1) is 10.0. The van der Waals surface area contributed by atoms with Gasteiger partial charge in [-0.25, -0.2) is 8.42 Å². The Balaban J connectivity index is 2.35. The molecule has 1 saturated heterocycles. The molecular weight excluding hydrogens is 304 g/mol. The SMILES string of the molecule is CCC1CCCCCN1S(=O)(=O)c1cc(CNC)sc1C. The molecular formula is C15H26N2O2S2. The minimum atomic E-state index is -3.36. The van der Waals surface area contributed by atoms with Crippen LogP contribution in [0.5, 0.6) is 0 Å². The molecule has 21 heavy (non-hydrogen) atoms. The van der Waals surface area contributed by atoms with Crippen LogP contribution in [0.4, 0.5) is 0 Å². The Hall–Kier alpha value is -0.430. The molecule has 1 aliphatic rings. The van der Waals surface area contributed by atoms with E-state index in [1.807, 2.05) is 20.0 Å². The Labute approximate surface area is 132 Å². The van der Waals surface area contributed by atoms with Crippen molar-refractivity contribution in [1.82, 2.24) is 9.62 Å². The van der Waals surface area contributed by atoms with E-state index in [4.69, 9.17) is 0 Å². The van der Waals surface area contributed by atoms with Crippen molar-refractivity contribution in [3.05, 3.63) is 15.8 Å². The Morgan fingerprint density at radius 1 is 1.38 bits per heavy atom. The van der Waals surface area contributed by atoms with Crippen molar-refractivity contribution in [3.8, 4) is 0 Å². The van der Waals surface area contributed by atoms with Crippen molar-refractivity contribution >= 4 is 21.4 Å². The maximum atomic E-state index is 13.1. The highest BCUT2D eigenvalue weighted by Crippen LogP contribution is 2.32. The summed E-state index contributed by atoms with van der Waals surface area (Å²) >= 11 is 1.58. The van der Waals surface area contributed by atoms with Crippen molar-refractivity contribution in [2.45, 2.75) is 63.4 Å². The molecule has 2 rings (SSSR count). The predicted molar refractivity (Wildman–Crippen MR) is 88.3 cm³/mol. The summed E-state index contributed by atoms with van der Waals surface area (Å²) in [5.74, 6) is 0. The molecule has 1 aromatic heterocycles. The summed E-state index contributed by atoms with van der Waals surface area (Å²) in [6.45, 7) is 5.39. The average Bonchev–Trinajstić information content (AvgIpc) is 2.68. The number of rotatable bonds is 5. The van der Waals surface area contributed by atoms with Crippen LogP contribution in [0.2, 0.25) is 0 Å². The molecule has 1 aliphatic heterocycles. The van der Waals surface area contributed by atoms with Gasteiger partial charge in [-0.3, -0.25) is 0 Å². The van der Waals surface area contributed by atoms with Gasteiger partial charge in [0.15, 0.2) is 0 Å². The molecule has 0 bridgehead atoms. The lowest BCUT2D eigenvalue weighted by Crippen LogP contribution is -2.39. The third-order valence-electron chi connectivity index (χ3n) is 4.16. The highest BCUT2D eigenvalue weighted by molar-refractivity contribution is 7.89. The number of thiophene rings is 1. The van der Waals surface area contributed by atoms with E-state index in [2.05, 4.69) is 12.2 Å². The van der Waals surface area contributed by atoms with E-state index in [9.17, 15) is 8.42 Å². The Morgan fingerprint density at radius 2 is 2.14 bits per heavy atom. The summed E-state index contributed by atoms with van der Waals surface area (Å²) < 4.78 is 27.9. The van der Waals surface area contributed by atoms with Crippen molar-refractivity contribution in [2.75, 3.05) is 13.6 Å². The summed E-state index contributed by atoms with van der Waals surface area (Å²) in [5, 5.41) is 3.09. The molecule has 0 radical (unpaired) electrons. The van der Waals surface area contributed by atoms with E-state index in [0.29, 0.717) is 11.4 Å². The number of aryl methyl sites for hydroxylation is 1. The molecule has 2 heterocycles. The summed E-state index contributed by atoms with van der Waals surface area (Å²) in [4.78, 5) is 2.49. The van der Waals surface area contributed by atoms with E-state index >= 15 is 0 Å². The number of nitrogens with one attached hydrogen (secondary N) is 1. The van der Waals surface area contributed by atoms with Crippen LogP contribution in [0, 0.1) is 6.92 Å². The fourth-order valence-corrected chi connectivity index (χ4v) is 6.43. The largest absolute Gasteiger partial charge is 0.315 e. The maximum Gasteiger partial charge on any atom is 0.244 e. The molecule has 1 aromatic rings. The fourth-order valence-electron chi connectivity index (χ4n) is 3.04. The van der Waals surface area contributed by atoms with Crippen molar-refractivity contribution in [1.29, 1.82) is 0 Å². The zero-order valence-electron chi connectivity index (χ0n) is 13.2. The van der Waals surface area contributed by atoms with Gasteiger partial charge < -0.3 is 5.32 Å². The summed E-state index contributed by atoms with van der Waals surface area (Å²) in [6, 6.07) is 2.01. The lowest BCUT2D eigenvalue weighted by Gasteiger charge is -2.28. The second kappa shape index (κ2) is 7.22. The summed E-state index contributed by atoms with van der Waals surface area (Å²) in [6.07, 6.45) is 5.13. The van der Waals surface area contributed by atoms with Gasteiger partial charge in [0.05, 0.1) is 4.90 Å². The normalized spacial score (nSPS) is 21.4. The minimum absolute atomic E-state index is 0.157. The molecule has 0 saturated carbocycles. The van der Waals surface area contributed by atoms with Crippen LogP contribution in [0.1, 0.15) is 48.8 Å². The van der Waals surface area contributed by atoms with Gasteiger partial charge in [-0.1, -0.05) is 19.8 Å². The quantitative estimate of drug-likeness (QED) is 0.902. The van der Waals surface area contributed by atoms with E-state index in [1.54, 1.807) is 15.6 Å². The average molecular weight is 331 g/mol. The van der Waals surface area contributed by atoms with Crippen LogP contribution >= 0.6 is 11.3 Å². The monoisotopic (exact) mass is 330 g/mol. The van der Waals surface area contributed by atoms with Crippen LogP contribution in [0.3, 0.4) is 0 Å². The minimum Gasteiger partial charge on any atom is -0.315 e. The number of nitrogens with zero attached hydrogens (tertiary/aromatic N) is 1. The number of hydrogen-bond acceptors (Lipinski definition) is 4. The molecule has 6 heteroatoms. The summed E-state index contributed by atoms with van der Waals surface area (Å²) in [5.41, 5.74) is 0. The highest BCUT2D eigenvalue weighted by Gasteiger charge is 2.33. The molecule has 0 aliphatic carbocycles. The Morgan fingerprint density at radius 3 is 2.81 bits per heavy atom. The Kier molecular flexibility index (Phi) is 5.82. The van der Waals surface area contributed by atoms with Crippen LogP contribution < -0.4 is 5.32 Å². The van der Waals surface area contributed by atoms with Gasteiger partial charge >= 0.3 is 0 Å². The zero-order valence-corrected chi connectivity index (χ0v) is 14.8. The van der Waals surface area contributed by atoms with Crippen LogP contribution in [0.15, 0.2) is 11.0 Å². The molecule has 1 atom stereocenters. The lowest BCUT2D eigenvalue weighted by molar-refractivity contribution is 0.315. The molecule has 1 N–H and O–H groups in total. The number of hydrogen-bond donors (Lipinski definition) is 1. The first-order valence-electron chi connectivity index (χ1n) is 7.76. The predicted octanol–water partition coefficient (Wildman–Crippen LogP) is 3.12. The van der Waals surface area contributed by atoms with Crippen LogP contribution in [0.25, 0.3) is 0 Å². The second-order valence-corrected chi connectivity index (χ2v) is 8.89. The third-order valence-corrected chi connectivity index (χ3v) is 7.41. The van der Waals surface area contributed by atoms with Crippen LogP contribution in [-0.2, 0) is 16.6 Å². The van der Waals surface area contributed by atoms with E-state index in [0.717, 1.165) is 48.4 Å². The van der Waals surface area contributed by atoms with E-state index in [-0.39, 0.29) is 6.04 Å². The van der Waals surface area contributed by atoms with Crippen molar-refractivity contribution < 1.29 is 8.42 Å². The number of sulfonamides is 1. The van der Waals surface area contributed by atoms with Gasteiger partial charge in [0.25, 0.3) is 0 Å². The highest BCUT2D eigenvalue weighted by atomic mass is 32.2. The van der Waals surface area contributed by atoms with Crippen molar-refractivity contribution in [3.63, 3.8) is 0 Å². The maximum absolute atomic E-state index is 13.1. The molecule has 1 fully saturated rings. The van der Waals surface area contributed by atoms with Gasteiger partial charge in [0, 0.05) is 28.9 Å². The topological polar surface area (TPSA) is 49.4 Å². The molecule has 1 unspecified atom stereocenters. The molecule has 4 nitrogen and oxygen atoms in total. The first kappa shape index (κ1) is 16.9. The second-order valence-electron chi connectivity index (χ2n) is 5.69. The van der Waals surface area contributed by atoms with Crippen LogP contribution in [-0.4, -0.2) is 32.4 Å². The smallest absolute Gasteiger partial charge is 0.244 e.